The number of aliphatic carboxylic acids is 1. The summed E-state index contributed by atoms with van der Waals surface area (Å²) in [5.74, 6) is -1.37. The second-order valence-electron chi connectivity index (χ2n) is 3.79. The van der Waals surface area contributed by atoms with Crippen molar-refractivity contribution in [3.8, 4) is 0 Å². The fourth-order valence-corrected chi connectivity index (χ4v) is 1.45. The summed E-state index contributed by atoms with van der Waals surface area (Å²) in [5.41, 5.74) is 0. The first-order chi connectivity index (χ1) is 7.59. The van der Waals surface area contributed by atoms with Gasteiger partial charge in [-0.1, -0.05) is 0 Å². The normalized spacial score (nSPS) is 19.7. The van der Waals surface area contributed by atoms with Crippen LogP contribution in [-0.2, 0) is 19.1 Å². The van der Waals surface area contributed by atoms with Crippen LogP contribution in [0.1, 0.15) is 12.8 Å². The number of hydrogen-bond acceptors (Lipinski definition) is 4. The highest BCUT2D eigenvalue weighted by molar-refractivity contribution is 5.81. The van der Waals surface area contributed by atoms with E-state index < -0.39 is 5.97 Å². The van der Waals surface area contributed by atoms with Crippen molar-refractivity contribution in [1.82, 2.24) is 4.90 Å². The molecule has 1 aliphatic heterocycles. The summed E-state index contributed by atoms with van der Waals surface area (Å²) in [4.78, 5) is 22.8. The Morgan fingerprint density at radius 2 is 2.31 bits per heavy atom. The fourth-order valence-electron chi connectivity index (χ4n) is 1.45. The molecule has 0 aromatic heterocycles. The number of carboxylic acids is 1. The third kappa shape index (κ3) is 4.59. The van der Waals surface area contributed by atoms with Gasteiger partial charge in [-0.3, -0.25) is 9.59 Å². The van der Waals surface area contributed by atoms with Gasteiger partial charge in [0.15, 0.2) is 0 Å². The summed E-state index contributed by atoms with van der Waals surface area (Å²) in [6, 6.07) is 0. The number of carbonyl (C=O) groups is 2. The van der Waals surface area contributed by atoms with Crippen molar-refractivity contribution in [2.45, 2.75) is 18.9 Å². The van der Waals surface area contributed by atoms with Gasteiger partial charge < -0.3 is 19.5 Å². The molecule has 1 N–H and O–H groups in total. The van der Waals surface area contributed by atoms with E-state index in [1.165, 1.54) is 7.05 Å². The zero-order chi connectivity index (χ0) is 12.0. The van der Waals surface area contributed by atoms with Gasteiger partial charge in [-0.25, -0.2) is 0 Å². The number of rotatable bonds is 6. The quantitative estimate of drug-likeness (QED) is 0.680. The Labute approximate surface area is 94.1 Å². The second kappa shape index (κ2) is 6.44. The molecule has 92 valence electrons. The van der Waals surface area contributed by atoms with Gasteiger partial charge in [0, 0.05) is 13.7 Å². The zero-order valence-corrected chi connectivity index (χ0v) is 9.35. The van der Waals surface area contributed by atoms with Crippen LogP contribution < -0.4 is 0 Å². The van der Waals surface area contributed by atoms with Crippen molar-refractivity contribution in [3.63, 3.8) is 0 Å². The highest BCUT2D eigenvalue weighted by atomic mass is 16.5. The van der Waals surface area contributed by atoms with E-state index in [2.05, 4.69) is 0 Å². The molecule has 1 heterocycles. The second-order valence-corrected chi connectivity index (χ2v) is 3.79. The lowest BCUT2D eigenvalue weighted by molar-refractivity contribution is -0.145. The first-order valence-electron chi connectivity index (χ1n) is 5.24. The minimum absolute atomic E-state index is 0.0811. The Hall–Kier alpha value is -1.14. The van der Waals surface area contributed by atoms with Gasteiger partial charge in [-0.15, -0.1) is 0 Å². The minimum Gasteiger partial charge on any atom is -0.480 e. The van der Waals surface area contributed by atoms with Crippen LogP contribution in [0.25, 0.3) is 0 Å². The molecular formula is C10H17NO5. The molecule has 0 bridgehead atoms. The lowest BCUT2D eigenvalue weighted by Gasteiger charge is -2.15. The number of amides is 1. The van der Waals surface area contributed by atoms with Gasteiger partial charge in [0.2, 0.25) is 5.91 Å². The molecule has 1 unspecified atom stereocenters. The van der Waals surface area contributed by atoms with E-state index >= 15 is 0 Å². The smallest absolute Gasteiger partial charge is 0.323 e. The predicted octanol–water partition coefficient (Wildman–Crippen LogP) is -0.275. The van der Waals surface area contributed by atoms with Gasteiger partial charge in [0.05, 0.1) is 12.7 Å². The van der Waals surface area contributed by atoms with E-state index in [0.717, 1.165) is 24.3 Å². The number of hydrogen-bond donors (Lipinski definition) is 1. The molecular weight excluding hydrogens is 214 g/mol. The fraction of sp³-hybridized carbons (Fsp3) is 0.800. The van der Waals surface area contributed by atoms with Crippen molar-refractivity contribution in [2.75, 3.05) is 33.4 Å². The highest BCUT2D eigenvalue weighted by Gasteiger charge is 2.17. The lowest BCUT2D eigenvalue weighted by Crippen LogP contribution is -2.35. The Morgan fingerprint density at radius 3 is 2.88 bits per heavy atom. The Morgan fingerprint density at radius 1 is 1.56 bits per heavy atom. The Kier molecular flexibility index (Phi) is 5.21. The van der Waals surface area contributed by atoms with Gasteiger partial charge in [0.25, 0.3) is 0 Å². The molecule has 1 fully saturated rings. The topological polar surface area (TPSA) is 76.1 Å². The number of likely N-dealkylation sites (N-methyl/N-ethyl adjacent to an activating group) is 1. The number of nitrogens with zero attached hydrogens (tertiary/aromatic N) is 1. The summed E-state index contributed by atoms with van der Waals surface area (Å²) in [7, 11) is 1.44. The van der Waals surface area contributed by atoms with Crippen LogP contribution in [0.5, 0.6) is 0 Å². The molecule has 1 rings (SSSR count). The molecule has 0 aliphatic carbocycles. The molecule has 0 aromatic carbocycles. The van der Waals surface area contributed by atoms with Gasteiger partial charge in [-0.05, 0) is 12.8 Å². The van der Waals surface area contributed by atoms with Crippen molar-refractivity contribution < 1.29 is 24.2 Å². The van der Waals surface area contributed by atoms with Crippen LogP contribution >= 0.6 is 0 Å². The summed E-state index contributed by atoms with van der Waals surface area (Å²) in [5, 5.41) is 8.48. The summed E-state index contributed by atoms with van der Waals surface area (Å²) < 4.78 is 10.5. The molecule has 16 heavy (non-hydrogen) atoms. The van der Waals surface area contributed by atoms with E-state index in [4.69, 9.17) is 14.6 Å². The summed E-state index contributed by atoms with van der Waals surface area (Å²) >= 11 is 0. The van der Waals surface area contributed by atoms with E-state index in [1.807, 2.05) is 0 Å². The molecule has 0 aromatic rings. The molecule has 0 radical (unpaired) electrons. The van der Waals surface area contributed by atoms with E-state index in [1.54, 1.807) is 0 Å². The molecule has 1 saturated heterocycles. The highest BCUT2D eigenvalue weighted by Crippen LogP contribution is 2.11. The Balaban J connectivity index is 2.11. The maximum Gasteiger partial charge on any atom is 0.323 e. The van der Waals surface area contributed by atoms with Gasteiger partial charge in [-0.2, -0.15) is 0 Å². The molecule has 6 nitrogen and oxygen atoms in total. The van der Waals surface area contributed by atoms with Crippen molar-refractivity contribution >= 4 is 11.9 Å². The largest absolute Gasteiger partial charge is 0.480 e. The van der Waals surface area contributed by atoms with Crippen molar-refractivity contribution in [2.24, 2.45) is 0 Å². The molecule has 1 atom stereocenters. The van der Waals surface area contributed by atoms with Crippen LogP contribution in [0, 0.1) is 0 Å². The minimum atomic E-state index is -1.03. The third-order valence-electron chi connectivity index (χ3n) is 2.35. The number of ether oxygens (including phenoxy) is 2. The maximum absolute atomic E-state index is 11.3. The van der Waals surface area contributed by atoms with Crippen LogP contribution in [0.15, 0.2) is 0 Å². The SMILES string of the molecule is CN(CC(=O)O)C(=O)COCC1CCCO1. The molecule has 1 aliphatic rings. The first kappa shape index (κ1) is 12.9. The van der Waals surface area contributed by atoms with Crippen LogP contribution in [-0.4, -0.2) is 61.4 Å². The monoisotopic (exact) mass is 231 g/mol. The van der Waals surface area contributed by atoms with Crippen molar-refractivity contribution in [1.29, 1.82) is 0 Å². The van der Waals surface area contributed by atoms with Crippen LogP contribution in [0.4, 0.5) is 0 Å². The first-order valence-corrected chi connectivity index (χ1v) is 5.24. The Bertz CT molecular complexity index is 250. The predicted molar refractivity (Wildman–Crippen MR) is 55.1 cm³/mol. The third-order valence-corrected chi connectivity index (χ3v) is 2.35. The average Bonchev–Trinajstić information content (AvgIpc) is 2.69. The molecule has 0 saturated carbocycles. The number of carbonyl (C=O) groups excluding carboxylic acids is 1. The molecule has 6 heteroatoms. The van der Waals surface area contributed by atoms with E-state index in [0.29, 0.717) is 6.61 Å². The summed E-state index contributed by atoms with van der Waals surface area (Å²) in [6.45, 7) is 0.749. The standard InChI is InChI=1S/C10H17NO5/c1-11(5-10(13)14)9(12)7-15-6-8-3-2-4-16-8/h8H,2-7H2,1H3,(H,13,14). The van der Waals surface area contributed by atoms with Crippen molar-refractivity contribution in [3.05, 3.63) is 0 Å². The maximum atomic E-state index is 11.3. The molecule has 0 spiro atoms. The molecule has 1 amide bonds. The number of carboxylic acid groups (broad SMARTS) is 1. The average molecular weight is 231 g/mol. The van der Waals surface area contributed by atoms with E-state index in [-0.39, 0.29) is 25.2 Å². The van der Waals surface area contributed by atoms with Crippen LogP contribution in [0.2, 0.25) is 0 Å². The van der Waals surface area contributed by atoms with E-state index in [9.17, 15) is 9.59 Å². The lowest BCUT2D eigenvalue weighted by atomic mass is 10.2. The summed E-state index contributed by atoms with van der Waals surface area (Å²) in [6.07, 6.45) is 2.07. The zero-order valence-electron chi connectivity index (χ0n) is 9.35. The van der Waals surface area contributed by atoms with Crippen LogP contribution in [0.3, 0.4) is 0 Å². The van der Waals surface area contributed by atoms with Gasteiger partial charge >= 0.3 is 5.97 Å². The van der Waals surface area contributed by atoms with Gasteiger partial charge in [0.1, 0.15) is 13.2 Å².